The molecule has 0 aromatic rings. The first-order chi connectivity index (χ1) is 5.85. The van der Waals surface area contributed by atoms with E-state index in [1.54, 1.807) is 0 Å². The number of rotatable bonds is 8. The zero-order chi connectivity index (χ0) is 9.23. The van der Waals surface area contributed by atoms with Crippen LogP contribution in [0, 0.1) is 0 Å². The van der Waals surface area contributed by atoms with Crippen molar-refractivity contribution in [2.75, 3.05) is 31.3 Å². The van der Waals surface area contributed by atoms with Crippen LogP contribution in [0.5, 0.6) is 0 Å². The molecule has 0 saturated heterocycles. The molecule has 1 atom stereocenters. The van der Waals surface area contributed by atoms with Crippen molar-refractivity contribution in [2.45, 2.75) is 20.1 Å². The number of thioether (sulfide) groups is 1. The minimum atomic E-state index is -0.438. The van der Waals surface area contributed by atoms with E-state index >= 15 is 0 Å². The van der Waals surface area contributed by atoms with Gasteiger partial charge in [-0.15, -0.1) is 0 Å². The summed E-state index contributed by atoms with van der Waals surface area (Å²) in [5.41, 5.74) is 0. The average molecular weight is 194 g/mol. The molecule has 0 bridgehead atoms. The van der Waals surface area contributed by atoms with Gasteiger partial charge in [-0.1, -0.05) is 6.92 Å². The van der Waals surface area contributed by atoms with E-state index in [-0.39, 0.29) is 6.61 Å². The topological polar surface area (TPSA) is 38.7 Å². The molecule has 1 N–H and O–H groups in total. The zero-order valence-electron chi connectivity index (χ0n) is 7.78. The van der Waals surface area contributed by atoms with Gasteiger partial charge in [-0.05, 0) is 12.7 Å². The maximum Gasteiger partial charge on any atom is 0.180 e. The van der Waals surface area contributed by atoms with E-state index in [4.69, 9.17) is 14.6 Å². The van der Waals surface area contributed by atoms with Crippen LogP contribution in [0.1, 0.15) is 13.8 Å². The van der Waals surface area contributed by atoms with Crippen LogP contribution in [-0.2, 0) is 9.47 Å². The van der Waals surface area contributed by atoms with Gasteiger partial charge in [0.25, 0.3) is 0 Å². The lowest BCUT2D eigenvalue weighted by Gasteiger charge is -2.14. The molecule has 0 spiro atoms. The Bertz CT molecular complexity index is 90.4. The van der Waals surface area contributed by atoms with Crippen molar-refractivity contribution in [3.63, 3.8) is 0 Å². The van der Waals surface area contributed by atoms with Crippen LogP contribution in [0.4, 0.5) is 0 Å². The van der Waals surface area contributed by atoms with E-state index in [0.717, 1.165) is 11.5 Å². The SMILES string of the molecule is CCOC(CO)OCCSCC. The molecule has 0 radical (unpaired) electrons. The molecule has 4 heteroatoms. The van der Waals surface area contributed by atoms with Gasteiger partial charge in [-0.2, -0.15) is 11.8 Å². The Morgan fingerprint density at radius 3 is 2.58 bits per heavy atom. The molecule has 0 aromatic carbocycles. The van der Waals surface area contributed by atoms with Gasteiger partial charge >= 0.3 is 0 Å². The Hall–Kier alpha value is 0.230. The summed E-state index contributed by atoms with van der Waals surface area (Å²) in [4.78, 5) is 0. The number of ether oxygens (including phenoxy) is 2. The van der Waals surface area contributed by atoms with Gasteiger partial charge in [0.1, 0.15) is 0 Å². The van der Waals surface area contributed by atoms with Crippen LogP contribution in [-0.4, -0.2) is 42.7 Å². The number of aliphatic hydroxyl groups excluding tert-OH is 1. The van der Waals surface area contributed by atoms with Gasteiger partial charge in [0, 0.05) is 12.4 Å². The molecule has 0 amide bonds. The van der Waals surface area contributed by atoms with Gasteiger partial charge in [0.2, 0.25) is 0 Å². The summed E-state index contributed by atoms with van der Waals surface area (Å²) in [6.45, 7) is 5.14. The molecular formula is C8H18O3S. The molecule has 0 aliphatic carbocycles. The highest BCUT2D eigenvalue weighted by Crippen LogP contribution is 2.00. The fraction of sp³-hybridized carbons (Fsp3) is 1.00. The van der Waals surface area contributed by atoms with E-state index in [9.17, 15) is 0 Å². The van der Waals surface area contributed by atoms with Crippen molar-refractivity contribution in [3.05, 3.63) is 0 Å². The second-order valence-corrected chi connectivity index (χ2v) is 3.53. The van der Waals surface area contributed by atoms with Crippen molar-refractivity contribution in [1.29, 1.82) is 0 Å². The second kappa shape index (κ2) is 9.32. The number of aliphatic hydroxyl groups is 1. The predicted octanol–water partition coefficient (Wildman–Crippen LogP) is 1.11. The minimum absolute atomic E-state index is 0.0648. The summed E-state index contributed by atoms with van der Waals surface area (Å²) in [7, 11) is 0. The van der Waals surface area contributed by atoms with Gasteiger partial charge in [-0.25, -0.2) is 0 Å². The maximum absolute atomic E-state index is 8.76. The van der Waals surface area contributed by atoms with E-state index in [1.807, 2.05) is 18.7 Å². The molecule has 0 saturated carbocycles. The second-order valence-electron chi connectivity index (χ2n) is 2.14. The van der Waals surface area contributed by atoms with E-state index in [1.165, 1.54) is 0 Å². The molecule has 74 valence electrons. The van der Waals surface area contributed by atoms with Gasteiger partial charge in [0.15, 0.2) is 6.29 Å². The average Bonchev–Trinajstić information content (AvgIpc) is 2.10. The fourth-order valence-corrected chi connectivity index (χ4v) is 1.22. The summed E-state index contributed by atoms with van der Waals surface area (Å²) in [5, 5.41) is 8.76. The number of hydrogen-bond acceptors (Lipinski definition) is 4. The third-order valence-electron chi connectivity index (χ3n) is 1.24. The largest absolute Gasteiger partial charge is 0.391 e. The molecule has 0 fully saturated rings. The molecule has 0 rings (SSSR count). The first-order valence-electron chi connectivity index (χ1n) is 4.26. The van der Waals surface area contributed by atoms with Crippen molar-refractivity contribution in [1.82, 2.24) is 0 Å². The van der Waals surface area contributed by atoms with Crippen molar-refractivity contribution < 1.29 is 14.6 Å². The fourth-order valence-electron chi connectivity index (χ4n) is 0.722. The van der Waals surface area contributed by atoms with Crippen molar-refractivity contribution in [2.24, 2.45) is 0 Å². The predicted molar refractivity (Wildman–Crippen MR) is 51.5 cm³/mol. The quantitative estimate of drug-likeness (QED) is 0.464. The van der Waals surface area contributed by atoms with E-state index in [2.05, 4.69) is 6.92 Å². The van der Waals surface area contributed by atoms with Gasteiger partial charge in [-0.3, -0.25) is 0 Å². The summed E-state index contributed by atoms with van der Waals surface area (Å²) in [6.07, 6.45) is -0.438. The first kappa shape index (κ1) is 12.2. The third kappa shape index (κ3) is 6.91. The Morgan fingerprint density at radius 2 is 2.08 bits per heavy atom. The standard InChI is InChI=1S/C8H18O3S/c1-3-10-8(7-9)11-5-6-12-4-2/h8-9H,3-7H2,1-2H3. The normalized spacial score (nSPS) is 13.2. The van der Waals surface area contributed by atoms with E-state index in [0.29, 0.717) is 13.2 Å². The summed E-state index contributed by atoms with van der Waals surface area (Å²) < 4.78 is 10.3. The smallest absolute Gasteiger partial charge is 0.180 e. The van der Waals surface area contributed by atoms with Gasteiger partial charge < -0.3 is 14.6 Å². The highest BCUT2D eigenvalue weighted by Gasteiger charge is 2.04. The molecule has 1 unspecified atom stereocenters. The maximum atomic E-state index is 8.76. The van der Waals surface area contributed by atoms with Crippen molar-refractivity contribution in [3.8, 4) is 0 Å². The summed E-state index contributed by atoms with van der Waals surface area (Å²) in [5.74, 6) is 2.06. The highest BCUT2D eigenvalue weighted by atomic mass is 32.2. The van der Waals surface area contributed by atoms with Crippen LogP contribution in [0.15, 0.2) is 0 Å². The number of hydrogen-bond donors (Lipinski definition) is 1. The first-order valence-corrected chi connectivity index (χ1v) is 5.42. The van der Waals surface area contributed by atoms with Crippen LogP contribution in [0.2, 0.25) is 0 Å². The molecule has 0 heterocycles. The molecular weight excluding hydrogens is 176 g/mol. The molecule has 12 heavy (non-hydrogen) atoms. The van der Waals surface area contributed by atoms with Crippen LogP contribution in [0.3, 0.4) is 0 Å². The molecule has 0 aromatic heterocycles. The zero-order valence-corrected chi connectivity index (χ0v) is 8.60. The lowest BCUT2D eigenvalue weighted by atomic mass is 10.6. The van der Waals surface area contributed by atoms with Crippen molar-refractivity contribution >= 4 is 11.8 Å². The lowest BCUT2D eigenvalue weighted by Crippen LogP contribution is -2.22. The van der Waals surface area contributed by atoms with Crippen LogP contribution >= 0.6 is 11.8 Å². The molecule has 3 nitrogen and oxygen atoms in total. The highest BCUT2D eigenvalue weighted by molar-refractivity contribution is 7.99. The molecule has 0 aliphatic rings. The Morgan fingerprint density at radius 1 is 1.33 bits per heavy atom. The van der Waals surface area contributed by atoms with E-state index < -0.39 is 6.29 Å². The summed E-state index contributed by atoms with van der Waals surface area (Å²) in [6, 6.07) is 0. The van der Waals surface area contributed by atoms with Crippen LogP contribution < -0.4 is 0 Å². The Labute approximate surface area is 78.4 Å². The monoisotopic (exact) mass is 194 g/mol. The van der Waals surface area contributed by atoms with Gasteiger partial charge in [0.05, 0.1) is 13.2 Å². The summed E-state index contributed by atoms with van der Waals surface area (Å²) >= 11 is 1.82. The third-order valence-corrected chi connectivity index (χ3v) is 2.10. The van der Waals surface area contributed by atoms with Crippen LogP contribution in [0.25, 0.3) is 0 Å². The Kier molecular flexibility index (Phi) is 9.50. The Balaban J connectivity index is 3.19. The lowest BCUT2D eigenvalue weighted by molar-refractivity contribution is -0.156. The minimum Gasteiger partial charge on any atom is -0.391 e. The molecule has 0 aliphatic heterocycles.